The predicted molar refractivity (Wildman–Crippen MR) is 127 cm³/mol. The number of ether oxygens (including phenoxy) is 1. The number of amides is 1. The van der Waals surface area contributed by atoms with Crippen LogP contribution < -0.4 is 10.1 Å². The molecule has 0 bridgehead atoms. The molecule has 0 aliphatic carbocycles. The summed E-state index contributed by atoms with van der Waals surface area (Å²) in [5.41, 5.74) is 3.54. The molecule has 160 valence electrons. The Morgan fingerprint density at radius 1 is 0.839 bits per heavy atom. The number of carbonyl (C=O) groups is 2. The Balaban J connectivity index is 1.43. The first-order valence-electron chi connectivity index (χ1n) is 10.3. The van der Waals surface area contributed by atoms with E-state index in [4.69, 9.17) is 4.74 Å². The summed E-state index contributed by atoms with van der Waals surface area (Å²) in [6.07, 6.45) is 0.781. The highest BCUT2D eigenvalue weighted by molar-refractivity contribution is 8.14. The maximum Gasteiger partial charge on any atom is 0.258 e. The molecular formula is C26H27NO3S. The van der Waals surface area contributed by atoms with Gasteiger partial charge in [0.15, 0.2) is 6.61 Å². The summed E-state index contributed by atoms with van der Waals surface area (Å²) < 4.78 is 5.42. The van der Waals surface area contributed by atoms with Crippen LogP contribution in [0.3, 0.4) is 0 Å². The Morgan fingerprint density at radius 3 is 2.06 bits per heavy atom. The summed E-state index contributed by atoms with van der Waals surface area (Å²) in [5, 5.41) is 2.76. The molecule has 3 aromatic rings. The number of rotatable bonds is 9. The monoisotopic (exact) mass is 433 g/mol. The van der Waals surface area contributed by atoms with Crippen molar-refractivity contribution < 1.29 is 14.3 Å². The SMILES string of the molecule is C[C@@H](Cc1ccc(-c2ccccc2)cc1)SC(=O)[C@@H](C)NC(=O)COc1ccccc1. The van der Waals surface area contributed by atoms with Crippen LogP contribution in [-0.2, 0) is 16.0 Å². The lowest BCUT2D eigenvalue weighted by atomic mass is 10.0. The lowest BCUT2D eigenvalue weighted by Gasteiger charge is -2.16. The number of hydrogen-bond donors (Lipinski definition) is 1. The second-order valence-corrected chi connectivity index (χ2v) is 8.85. The number of para-hydroxylation sites is 1. The van der Waals surface area contributed by atoms with E-state index in [2.05, 4.69) is 41.7 Å². The average molecular weight is 434 g/mol. The lowest BCUT2D eigenvalue weighted by molar-refractivity contribution is -0.126. The molecule has 0 heterocycles. The van der Waals surface area contributed by atoms with E-state index in [9.17, 15) is 9.59 Å². The van der Waals surface area contributed by atoms with Gasteiger partial charge in [0.1, 0.15) is 5.75 Å². The lowest BCUT2D eigenvalue weighted by Crippen LogP contribution is -2.40. The molecule has 5 heteroatoms. The number of carbonyl (C=O) groups excluding carboxylic acids is 2. The van der Waals surface area contributed by atoms with Crippen molar-refractivity contribution in [2.24, 2.45) is 0 Å². The highest BCUT2D eigenvalue weighted by atomic mass is 32.2. The molecule has 0 aliphatic heterocycles. The third-order valence-electron chi connectivity index (χ3n) is 4.75. The second kappa shape index (κ2) is 11.4. The van der Waals surface area contributed by atoms with E-state index in [1.807, 2.05) is 43.3 Å². The molecule has 3 rings (SSSR count). The molecule has 0 radical (unpaired) electrons. The van der Waals surface area contributed by atoms with Crippen LogP contribution in [0.15, 0.2) is 84.9 Å². The number of nitrogens with one attached hydrogen (secondary N) is 1. The van der Waals surface area contributed by atoms with Crippen LogP contribution in [0, 0.1) is 0 Å². The molecule has 31 heavy (non-hydrogen) atoms. The molecule has 0 saturated heterocycles. The van der Waals surface area contributed by atoms with Gasteiger partial charge in [0.2, 0.25) is 5.12 Å². The number of thioether (sulfide) groups is 1. The van der Waals surface area contributed by atoms with Crippen molar-refractivity contribution in [1.29, 1.82) is 0 Å². The zero-order chi connectivity index (χ0) is 22.1. The van der Waals surface area contributed by atoms with Gasteiger partial charge in [-0.15, -0.1) is 0 Å². The molecule has 0 spiro atoms. The van der Waals surface area contributed by atoms with E-state index < -0.39 is 6.04 Å². The molecule has 2 atom stereocenters. The molecule has 4 nitrogen and oxygen atoms in total. The standard InChI is InChI=1S/C26H27NO3S/c1-19(17-21-13-15-23(16-14-21)22-9-5-3-6-10-22)31-26(29)20(2)27-25(28)18-30-24-11-7-4-8-12-24/h3-16,19-20H,17-18H2,1-2H3,(H,27,28)/t19-,20+/m0/s1. The first-order chi connectivity index (χ1) is 15.0. The second-order valence-electron chi connectivity index (χ2n) is 7.41. The quantitative estimate of drug-likeness (QED) is 0.508. The van der Waals surface area contributed by atoms with Crippen LogP contribution in [0.1, 0.15) is 19.4 Å². The fourth-order valence-corrected chi connectivity index (χ4v) is 4.08. The van der Waals surface area contributed by atoms with E-state index >= 15 is 0 Å². The first kappa shape index (κ1) is 22.6. The summed E-state index contributed by atoms with van der Waals surface area (Å²) in [6.45, 7) is 3.62. The Morgan fingerprint density at radius 2 is 1.42 bits per heavy atom. The number of hydrogen-bond acceptors (Lipinski definition) is 4. The smallest absolute Gasteiger partial charge is 0.258 e. The van der Waals surface area contributed by atoms with E-state index in [0.29, 0.717) is 5.75 Å². The van der Waals surface area contributed by atoms with Crippen LogP contribution in [0.25, 0.3) is 11.1 Å². The maximum absolute atomic E-state index is 12.5. The Bertz CT molecular complexity index is 975. The van der Waals surface area contributed by atoms with Crippen molar-refractivity contribution in [3.63, 3.8) is 0 Å². The molecular weight excluding hydrogens is 406 g/mol. The van der Waals surface area contributed by atoms with Crippen LogP contribution in [-0.4, -0.2) is 28.9 Å². The minimum Gasteiger partial charge on any atom is -0.484 e. The predicted octanol–water partition coefficient (Wildman–Crippen LogP) is 5.13. The molecule has 3 aromatic carbocycles. The van der Waals surface area contributed by atoms with Crippen molar-refractivity contribution >= 4 is 22.8 Å². The van der Waals surface area contributed by atoms with Gasteiger partial charge in [0.25, 0.3) is 5.91 Å². The summed E-state index contributed by atoms with van der Waals surface area (Å²) in [4.78, 5) is 24.6. The van der Waals surface area contributed by atoms with Gasteiger partial charge in [-0.2, -0.15) is 0 Å². The largest absolute Gasteiger partial charge is 0.484 e. The van der Waals surface area contributed by atoms with Crippen molar-refractivity contribution in [3.8, 4) is 16.9 Å². The Labute approximate surface area is 188 Å². The molecule has 0 unspecified atom stereocenters. The average Bonchev–Trinajstić information content (AvgIpc) is 2.79. The number of benzene rings is 3. The van der Waals surface area contributed by atoms with E-state index in [1.165, 1.54) is 28.5 Å². The zero-order valence-electron chi connectivity index (χ0n) is 17.8. The topological polar surface area (TPSA) is 55.4 Å². The van der Waals surface area contributed by atoms with E-state index in [0.717, 1.165) is 6.42 Å². The minimum atomic E-state index is -0.570. The Kier molecular flexibility index (Phi) is 8.30. The van der Waals surface area contributed by atoms with E-state index in [1.54, 1.807) is 19.1 Å². The third kappa shape index (κ3) is 7.30. The van der Waals surface area contributed by atoms with Gasteiger partial charge in [-0.25, -0.2) is 0 Å². The fraction of sp³-hybridized carbons (Fsp3) is 0.231. The van der Waals surface area contributed by atoms with Gasteiger partial charge in [0, 0.05) is 5.25 Å². The van der Waals surface area contributed by atoms with Crippen LogP contribution in [0.4, 0.5) is 0 Å². The van der Waals surface area contributed by atoms with Crippen LogP contribution >= 0.6 is 11.8 Å². The summed E-state index contributed by atoms with van der Waals surface area (Å²) >= 11 is 1.27. The van der Waals surface area contributed by atoms with Gasteiger partial charge in [-0.1, -0.05) is 91.5 Å². The van der Waals surface area contributed by atoms with Gasteiger partial charge >= 0.3 is 0 Å². The third-order valence-corrected chi connectivity index (χ3v) is 5.90. The maximum atomic E-state index is 12.5. The Hall–Kier alpha value is -3.05. The van der Waals surface area contributed by atoms with Gasteiger partial charge in [-0.05, 0) is 42.2 Å². The highest BCUT2D eigenvalue weighted by Crippen LogP contribution is 2.22. The van der Waals surface area contributed by atoms with Crippen molar-refractivity contribution in [3.05, 3.63) is 90.5 Å². The van der Waals surface area contributed by atoms with Crippen LogP contribution in [0.2, 0.25) is 0 Å². The minimum absolute atomic E-state index is 0.0542. The van der Waals surface area contributed by atoms with E-state index in [-0.39, 0.29) is 22.9 Å². The summed E-state index contributed by atoms with van der Waals surface area (Å²) in [5.74, 6) is 0.312. The van der Waals surface area contributed by atoms with Crippen LogP contribution in [0.5, 0.6) is 5.75 Å². The molecule has 0 saturated carbocycles. The van der Waals surface area contributed by atoms with Gasteiger partial charge in [-0.3, -0.25) is 9.59 Å². The molecule has 0 fully saturated rings. The van der Waals surface area contributed by atoms with Gasteiger partial charge < -0.3 is 10.1 Å². The summed E-state index contributed by atoms with van der Waals surface area (Å²) in [7, 11) is 0. The van der Waals surface area contributed by atoms with Crippen molar-refractivity contribution in [1.82, 2.24) is 5.32 Å². The normalized spacial score (nSPS) is 12.6. The molecule has 0 aliphatic rings. The first-order valence-corrected chi connectivity index (χ1v) is 11.2. The highest BCUT2D eigenvalue weighted by Gasteiger charge is 2.19. The molecule has 1 N–H and O–H groups in total. The fourth-order valence-electron chi connectivity index (χ4n) is 3.15. The van der Waals surface area contributed by atoms with Crippen molar-refractivity contribution in [2.45, 2.75) is 31.6 Å². The summed E-state index contributed by atoms with van der Waals surface area (Å²) in [6, 6.07) is 27.2. The van der Waals surface area contributed by atoms with Gasteiger partial charge in [0.05, 0.1) is 6.04 Å². The molecule has 1 amide bonds. The zero-order valence-corrected chi connectivity index (χ0v) is 18.6. The molecule has 0 aromatic heterocycles. The van der Waals surface area contributed by atoms with Crippen molar-refractivity contribution in [2.75, 3.05) is 6.61 Å².